The summed E-state index contributed by atoms with van der Waals surface area (Å²) in [5, 5.41) is 0. The molecule has 3 heteroatoms. The number of aliphatic imine (C=N–C) groups is 1. The van der Waals surface area contributed by atoms with E-state index in [0.717, 1.165) is 5.56 Å². The topological polar surface area (TPSA) is 12.4 Å². The third-order valence-corrected chi connectivity index (χ3v) is 2.06. The van der Waals surface area contributed by atoms with E-state index in [-0.39, 0.29) is 11.6 Å². The van der Waals surface area contributed by atoms with Crippen LogP contribution in [0.15, 0.2) is 53.5 Å². The minimum atomic E-state index is -0.291. The van der Waals surface area contributed by atoms with Gasteiger partial charge in [-0.05, 0) is 42.0 Å². The zero-order chi connectivity index (χ0) is 11.4. The molecule has 0 aliphatic rings. The Hall–Kier alpha value is -2.03. The molecule has 0 saturated carbocycles. The average Bonchev–Trinajstić information content (AvgIpc) is 2.30. The van der Waals surface area contributed by atoms with E-state index in [9.17, 15) is 8.78 Å². The first-order valence-corrected chi connectivity index (χ1v) is 4.79. The van der Waals surface area contributed by atoms with Gasteiger partial charge in [-0.3, -0.25) is 4.99 Å². The standard InChI is InChI=1S/C13H9F2N/c14-11-3-1-10(2-4-11)9-16-13-7-5-12(15)6-8-13/h1-9H/b16-9-. The Morgan fingerprint density at radius 1 is 0.750 bits per heavy atom. The van der Waals surface area contributed by atoms with E-state index in [1.165, 1.54) is 24.3 Å². The zero-order valence-corrected chi connectivity index (χ0v) is 8.40. The van der Waals surface area contributed by atoms with E-state index in [0.29, 0.717) is 5.69 Å². The lowest BCUT2D eigenvalue weighted by molar-refractivity contribution is 0.627. The highest BCUT2D eigenvalue weighted by molar-refractivity contribution is 5.81. The summed E-state index contributed by atoms with van der Waals surface area (Å²) in [6.07, 6.45) is 1.60. The third-order valence-electron chi connectivity index (χ3n) is 2.06. The van der Waals surface area contributed by atoms with Crippen LogP contribution in [0.1, 0.15) is 5.56 Å². The van der Waals surface area contributed by atoms with Gasteiger partial charge < -0.3 is 0 Å². The second kappa shape index (κ2) is 4.66. The second-order valence-electron chi connectivity index (χ2n) is 3.29. The Morgan fingerprint density at radius 3 is 1.81 bits per heavy atom. The molecule has 16 heavy (non-hydrogen) atoms. The Bertz CT molecular complexity index is 439. The fourth-order valence-electron chi connectivity index (χ4n) is 1.23. The molecule has 0 atom stereocenters. The monoisotopic (exact) mass is 217 g/mol. The van der Waals surface area contributed by atoms with E-state index in [1.54, 1.807) is 30.5 Å². The number of benzene rings is 2. The van der Waals surface area contributed by atoms with Gasteiger partial charge in [-0.2, -0.15) is 0 Å². The molecule has 0 radical (unpaired) electrons. The van der Waals surface area contributed by atoms with Gasteiger partial charge in [0.2, 0.25) is 0 Å². The maximum absolute atomic E-state index is 12.6. The molecule has 0 aromatic heterocycles. The van der Waals surface area contributed by atoms with Gasteiger partial charge in [0.05, 0.1) is 5.69 Å². The van der Waals surface area contributed by atoms with Crippen molar-refractivity contribution in [2.75, 3.05) is 0 Å². The van der Waals surface area contributed by atoms with Gasteiger partial charge in [0, 0.05) is 6.21 Å². The number of rotatable bonds is 2. The van der Waals surface area contributed by atoms with Crippen LogP contribution in [-0.2, 0) is 0 Å². The minimum absolute atomic E-state index is 0.279. The van der Waals surface area contributed by atoms with Gasteiger partial charge in [0.15, 0.2) is 0 Å². The van der Waals surface area contributed by atoms with Crippen LogP contribution in [-0.4, -0.2) is 6.21 Å². The summed E-state index contributed by atoms with van der Waals surface area (Å²) < 4.78 is 25.2. The summed E-state index contributed by atoms with van der Waals surface area (Å²) in [5.74, 6) is -0.570. The molecule has 0 bridgehead atoms. The van der Waals surface area contributed by atoms with Crippen LogP contribution < -0.4 is 0 Å². The number of halogens is 2. The molecule has 2 aromatic rings. The fourth-order valence-corrected chi connectivity index (χ4v) is 1.23. The van der Waals surface area contributed by atoms with Crippen molar-refractivity contribution < 1.29 is 8.78 Å². The van der Waals surface area contributed by atoms with E-state index in [1.807, 2.05) is 0 Å². The van der Waals surface area contributed by atoms with Gasteiger partial charge in [-0.25, -0.2) is 8.78 Å². The number of hydrogen-bond acceptors (Lipinski definition) is 1. The molecule has 0 fully saturated rings. The van der Waals surface area contributed by atoms with Crippen LogP contribution in [0.25, 0.3) is 0 Å². The first-order valence-electron chi connectivity index (χ1n) is 4.79. The Morgan fingerprint density at radius 2 is 1.25 bits per heavy atom. The Labute approximate surface area is 92.1 Å². The summed E-state index contributed by atoms with van der Waals surface area (Å²) in [6, 6.07) is 11.8. The van der Waals surface area contributed by atoms with Crippen LogP contribution in [0.4, 0.5) is 14.5 Å². The van der Waals surface area contributed by atoms with Gasteiger partial charge in [-0.15, -0.1) is 0 Å². The van der Waals surface area contributed by atoms with Crippen LogP contribution in [0.5, 0.6) is 0 Å². The molecule has 0 saturated heterocycles. The highest BCUT2D eigenvalue weighted by Gasteiger charge is 1.91. The molecule has 0 amide bonds. The van der Waals surface area contributed by atoms with Crippen molar-refractivity contribution >= 4 is 11.9 Å². The fraction of sp³-hybridized carbons (Fsp3) is 0. The smallest absolute Gasteiger partial charge is 0.123 e. The highest BCUT2D eigenvalue weighted by Crippen LogP contribution is 2.12. The molecule has 1 nitrogen and oxygen atoms in total. The van der Waals surface area contributed by atoms with Crippen molar-refractivity contribution in [2.45, 2.75) is 0 Å². The summed E-state index contributed by atoms with van der Waals surface area (Å²) in [5.41, 5.74) is 1.46. The highest BCUT2D eigenvalue weighted by atomic mass is 19.1. The molecule has 80 valence electrons. The van der Waals surface area contributed by atoms with Gasteiger partial charge in [0.1, 0.15) is 11.6 Å². The van der Waals surface area contributed by atoms with Crippen LogP contribution >= 0.6 is 0 Å². The molecule has 0 aliphatic carbocycles. The Kier molecular flexibility index (Phi) is 3.05. The molecule has 0 spiro atoms. The quantitative estimate of drug-likeness (QED) is 0.680. The summed E-state index contributed by atoms with van der Waals surface area (Å²) >= 11 is 0. The van der Waals surface area contributed by atoms with Gasteiger partial charge in [0.25, 0.3) is 0 Å². The van der Waals surface area contributed by atoms with E-state index < -0.39 is 0 Å². The lowest BCUT2D eigenvalue weighted by Crippen LogP contribution is -1.81. The molecular formula is C13H9F2N. The first kappa shape index (κ1) is 10.5. The predicted octanol–water partition coefficient (Wildman–Crippen LogP) is 3.72. The molecule has 2 aromatic carbocycles. The van der Waals surface area contributed by atoms with Gasteiger partial charge in [-0.1, -0.05) is 12.1 Å². The van der Waals surface area contributed by atoms with Crippen molar-refractivity contribution in [3.8, 4) is 0 Å². The van der Waals surface area contributed by atoms with E-state index >= 15 is 0 Å². The predicted molar refractivity (Wildman–Crippen MR) is 60.1 cm³/mol. The molecule has 0 unspecified atom stereocenters. The summed E-state index contributed by atoms with van der Waals surface area (Å²) in [4.78, 5) is 4.13. The Balaban J connectivity index is 2.15. The van der Waals surface area contributed by atoms with Crippen LogP contribution in [0, 0.1) is 11.6 Å². The normalized spacial score (nSPS) is 10.9. The van der Waals surface area contributed by atoms with E-state index in [4.69, 9.17) is 0 Å². The lowest BCUT2D eigenvalue weighted by atomic mass is 10.2. The average molecular weight is 217 g/mol. The molecule has 0 aliphatic heterocycles. The maximum Gasteiger partial charge on any atom is 0.123 e. The SMILES string of the molecule is Fc1ccc(/C=N\c2ccc(F)cc2)cc1. The molecule has 0 N–H and O–H groups in total. The summed E-state index contributed by atoms with van der Waals surface area (Å²) in [6.45, 7) is 0. The van der Waals surface area contributed by atoms with Crippen molar-refractivity contribution in [1.82, 2.24) is 0 Å². The van der Waals surface area contributed by atoms with E-state index in [2.05, 4.69) is 4.99 Å². The first-order chi connectivity index (χ1) is 7.74. The maximum atomic E-state index is 12.6. The van der Waals surface area contributed by atoms with Crippen molar-refractivity contribution in [3.63, 3.8) is 0 Å². The second-order valence-corrected chi connectivity index (χ2v) is 3.29. The molecule has 2 rings (SSSR count). The molecule has 0 heterocycles. The summed E-state index contributed by atoms with van der Waals surface area (Å²) in [7, 11) is 0. The molecular weight excluding hydrogens is 208 g/mol. The van der Waals surface area contributed by atoms with Gasteiger partial charge >= 0.3 is 0 Å². The number of hydrogen-bond donors (Lipinski definition) is 0. The number of nitrogens with zero attached hydrogens (tertiary/aromatic N) is 1. The van der Waals surface area contributed by atoms with Crippen LogP contribution in [0.2, 0.25) is 0 Å². The lowest BCUT2D eigenvalue weighted by Gasteiger charge is -1.94. The zero-order valence-electron chi connectivity index (χ0n) is 8.40. The largest absolute Gasteiger partial charge is 0.256 e. The minimum Gasteiger partial charge on any atom is -0.256 e. The van der Waals surface area contributed by atoms with Crippen LogP contribution in [0.3, 0.4) is 0 Å². The van der Waals surface area contributed by atoms with Crippen molar-refractivity contribution in [1.29, 1.82) is 0 Å². The third kappa shape index (κ3) is 2.73. The van der Waals surface area contributed by atoms with Crippen molar-refractivity contribution in [2.24, 2.45) is 4.99 Å². The van der Waals surface area contributed by atoms with Crippen molar-refractivity contribution in [3.05, 3.63) is 65.7 Å².